The second kappa shape index (κ2) is 7.14. The molecule has 1 rings (SSSR count). The van der Waals surface area contributed by atoms with Gasteiger partial charge in [0.2, 0.25) is 0 Å². The summed E-state index contributed by atoms with van der Waals surface area (Å²) in [6, 6.07) is 4.07. The van der Waals surface area contributed by atoms with Crippen LogP contribution in [0.1, 0.15) is 11.1 Å². The van der Waals surface area contributed by atoms with E-state index in [-0.39, 0.29) is 0 Å². The fourth-order valence-electron chi connectivity index (χ4n) is 1.73. The van der Waals surface area contributed by atoms with Crippen molar-refractivity contribution in [1.29, 1.82) is 0 Å². The number of benzene rings is 1. The molecule has 1 aromatic carbocycles. The molecule has 4 nitrogen and oxygen atoms in total. The first kappa shape index (κ1) is 13.8. The summed E-state index contributed by atoms with van der Waals surface area (Å²) < 4.78 is 10.6. The summed E-state index contributed by atoms with van der Waals surface area (Å²) in [5.74, 6) is 1.58. The molecule has 0 radical (unpaired) electrons. The topological polar surface area (TPSA) is 42.5 Å². The summed E-state index contributed by atoms with van der Waals surface area (Å²) in [4.78, 5) is 0. The van der Waals surface area contributed by atoms with Gasteiger partial charge in [-0.25, -0.2) is 0 Å². The quantitative estimate of drug-likeness (QED) is 0.555. The van der Waals surface area contributed by atoms with Crippen molar-refractivity contribution in [1.82, 2.24) is 10.6 Å². The van der Waals surface area contributed by atoms with Crippen LogP contribution in [0.5, 0.6) is 11.5 Å². The highest BCUT2D eigenvalue weighted by atomic mass is 16.5. The van der Waals surface area contributed by atoms with E-state index in [1.54, 1.807) is 14.2 Å². The van der Waals surface area contributed by atoms with Crippen LogP contribution in [0.15, 0.2) is 12.1 Å². The van der Waals surface area contributed by atoms with Crippen LogP contribution in [-0.4, -0.2) is 34.5 Å². The summed E-state index contributed by atoms with van der Waals surface area (Å²) in [6.07, 6.45) is 0.980. The average Bonchev–Trinajstić information content (AvgIpc) is 2.35. The zero-order chi connectivity index (χ0) is 12.7. The molecule has 0 amide bonds. The molecule has 0 bridgehead atoms. The summed E-state index contributed by atoms with van der Waals surface area (Å²) >= 11 is 0. The SMILES string of the molecule is CNCNCCc1cc(OC)c(OC)cc1C. The van der Waals surface area contributed by atoms with Gasteiger partial charge in [-0.3, -0.25) is 0 Å². The Kier molecular flexibility index (Phi) is 5.80. The van der Waals surface area contributed by atoms with Gasteiger partial charge in [0.25, 0.3) is 0 Å². The molecule has 0 aliphatic rings. The highest BCUT2D eigenvalue weighted by molar-refractivity contribution is 5.47. The fourth-order valence-corrected chi connectivity index (χ4v) is 1.73. The van der Waals surface area contributed by atoms with Gasteiger partial charge in [-0.2, -0.15) is 0 Å². The van der Waals surface area contributed by atoms with Crippen molar-refractivity contribution >= 4 is 0 Å². The van der Waals surface area contributed by atoms with E-state index in [9.17, 15) is 0 Å². The Balaban J connectivity index is 2.71. The van der Waals surface area contributed by atoms with Gasteiger partial charge >= 0.3 is 0 Å². The minimum absolute atomic E-state index is 0.789. The van der Waals surface area contributed by atoms with Gasteiger partial charge in [-0.1, -0.05) is 0 Å². The highest BCUT2D eigenvalue weighted by Gasteiger charge is 2.07. The maximum Gasteiger partial charge on any atom is 0.161 e. The molecule has 0 saturated carbocycles. The van der Waals surface area contributed by atoms with Gasteiger partial charge < -0.3 is 20.1 Å². The molecule has 0 saturated heterocycles. The lowest BCUT2D eigenvalue weighted by atomic mass is 10.0. The first-order valence-corrected chi connectivity index (χ1v) is 5.79. The molecule has 0 heterocycles. The van der Waals surface area contributed by atoms with Crippen LogP contribution < -0.4 is 20.1 Å². The normalized spacial score (nSPS) is 10.4. The molecule has 1 aromatic rings. The minimum atomic E-state index is 0.789. The van der Waals surface area contributed by atoms with Gasteiger partial charge in [-0.05, 0) is 43.7 Å². The van der Waals surface area contributed by atoms with E-state index in [1.165, 1.54) is 11.1 Å². The number of nitrogens with one attached hydrogen (secondary N) is 2. The summed E-state index contributed by atoms with van der Waals surface area (Å²) in [7, 11) is 5.25. The molecule has 0 aliphatic heterocycles. The third kappa shape index (κ3) is 3.91. The van der Waals surface area contributed by atoms with Crippen molar-refractivity contribution in [2.45, 2.75) is 13.3 Å². The maximum atomic E-state index is 5.30. The number of hydrogen-bond donors (Lipinski definition) is 2. The number of ether oxygens (including phenoxy) is 2. The number of rotatable bonds is 7. The molecule has 96 valence electrons. The zero-order valence-corrected chi connectivity index (χ0v) is 11.1. The van der Waals surface area contributed by atoms with E-state index in [4.69, 9.17) is 9.47 Å². The lowest BCUT2D eigenvalue weighted by Gasteiger charge is -2.13. The molecule has 0 aromatic heterocycles. The highest BCUT2D eigenvalue weighted by Crippen LogP contribution is 2.30. The van der Waals surface area contributed by atoms with Gasteiger partial charge in [-0.15, -0.1) is 0 Å². The van der Waals surface area contributed by atoms with Crippen LogP contribution in [-0.2, 0) is 6.42 Å². The average molecular weight is 238 g/mol. The van der Waals surface area contributed by atoms with E-state index < -0.39 is 0 Å². The van der Waals surface area contributed by atoms with Crippen molar-refractivity contribution in [3.8, 4) is 11.5 Å². The van der Waals surface area contributed by atoms with Gasteiger partial charge in [0.05, 0.1) is 14.2 Å². The number of hydrogen-bond acceptors (Lipinski definition) is 4. The Bertz CT molecular complexity index is 354. The largest absolute Gasteiger partial charge is 0.493 e. The van der Waals surface area contributed by atoms with Gasteiger partial charge in [0.1, 0.15) is 0 Å². The minimum Gasteiger partial charge on any atom is -0.493 e. The van der Waals surface area contributed by atoms with Crippen molar-refractivity contribution in [3.63, 3.8) is 0 Å². The van der Waals surface area contributed by atoms with Gasteiger partial charge in [0, 0.05) is 13.2 Å². The molecule has 0 unspecified atom stereocenters. The zero-order valence-electron chi connectivity index (χ0n) is 11.1. The van der Waals surface area contributed by atoms with Crippen LogP contribution in [0, 0.1) is 6.92 Å². The Morgan fingerprint density at radius 3 is 2.35 bits per heavy atom. The van der Waals surface area contributed by atoms with E-state index >= 15 is 0 Å². The second-order valence-electron chi connectivity index (χ2n) is 3.91. The Morgan fingerprint density at radius 1 is 1.12 bits per heavy atom. The molecular weight excluding hydrogens is 216 g/mol. The summed E-state index contributed by atoms with van der Waals surface area (Å²) in [5.41, 5.74) is 2.51. The second-order valence-corrected chi connectivity index (χ2v) is 3.91. The lowest BCUT2D eigenvalue weighted by molar-refractivity contribution is 0.354. The monoisotopic (exact) mass is 238 g/mol. The Morgan fingerprint density at radius 2 is 1.76 bits per heavy atom. The van der Waals surface area contributed by atoms with Crippen molar-refractivity contribution in [2.24, 2.45) is 0 Å². The summed E-state index contributed by atoms with van der Waals surface area (Å²) in [6.45, 7) is 3.86. The van der Waals surface area contributed by atoms with Gasteiger partial charge in [0.15, 0.2) is 11.5 Å². The predicted octanol–water partition coefficient (Wildman–Crippen LogP) is 1.32. The summed E-state index contributed by atoms with van der Waals surface area (Å²) in [5, 5.41) is 6.35. The maximum absolute atomic E-state index is 5.30. The van der Waals surface area contributed by atoms with Crippen molar-refractivity contribution < 1.29 is 9.47 Å². The first-order valence-electron chi connectivity index (χ1n) is 5.79. The molecule has 4 heteroatoms. The molecule has 17 heavy (non-hydrogen) atoms. The fraction of sp³-hybridized carbons (Fsp3) is 0.538. The lowest BCUT2D eigenvalue weighted by Crippen LogP contribution is -2.27. The van der Waals surface area contributed by atoms with Crippen molar-refractivity contribution in [3.05, 3.63) is 23.3 Å². The third-order valence-electron chi connectivity index (χ3n) is 2.72. The first-order chi connectivity index (χ1) is 8.22. The van der Waals surface area contributed by atoms with Crippen LogP contribution in [0.25, 0.3) is 0 Å². The Labute approximate surface area is 103 Å². The Hall–Kier alpha value is -1.26. The predicted molar refractivity (Wildman–Crippen MR) is 69.9 cm³/mol. The smallest absolute Gasteiger partial charge is 0.161 e. The van der Waals surface area contributed by atoms with E-state index in [2.05, 4.69) is 23.6 Å². The third-order valence-corrected chi connectivity index (χ3v) is 2.72. The van der Waals surface area contributed by atoms with Crippen LogP contribution >= 0.6 is 0 Å². The van der Waals surface area contributed by atoms with E-state index in [1.807, 2.05) is 13.1 Å². The molecule has 0 fully saturated rings. The van der Waals surface area contributed by atoms with Crippen LogP contribution in [0.4, 0.5) is 0 Å². The standard InChI is InChI=1S/C13H22N2O2/c1-10-7-12(16-3)13(17-4)8-11(10)5-6-15-9-14-2/h7-8,14-15H,5-6,9H2,1-4H3. The number of methoxy groups -OCH3 is 2. The van der Waals surface area contributed by atoms with E-state index in [0.717, 1.165) is 31.1 Å². The molecular formula is C13H22N2O2. The van der Waals surface area contributed by atoms with E-state index in [0.29, 0.717) is 0 Å². The molecule has 0 atom stereocenters. The molecule has 0 aliphatic carbocycles. The van der Waals surface area contributed by atoms with Crippen LogP contribution in [0.2, 0.25) is 0 Å². The molecule has 2 N–H and O–H groups in total. The van der Waals surface area contributed by atoms with Crippen molar-refractivity contribution in [2.75, 3.05) is 34.5 Å². The number of aryl methyl sites for hydroxylation is 1. The molecule has 0 spiro atoms. The van der Waals surface area contributed by atoms with Crippen LogP contribution in [0.3, 0.4) is 0 Å².